The average molecular weight is 175 g/mol. The van der Waals surface area contributed by atoms with E-state index in [2.05, 4.69) is 18.5 Å². The van der Waals surface area contributed by atoms with Crippen LogP contribution in [-0.2, 0) is 0 Å². The predicted octanol–water partition coefficient (Wildman–Crippen LogP) is 2.38. The van der Waals surface area contributed by atoms with Crippen LogP contribution in [0, 0.1) is 5.92 Å². The highest BCUT2D eigenvalue weighted by molar-refractivity contribution is 7.98. The molecule has 11 heavy (non-hydrogen) atoms. The van der Waals surface area contributed by atoms with E-state index in [0.717, 1.165) is 5.92 Å². The van der Waals surface area contributed by atoms with Gasteiger partial charge < -0.3 is 5.32 Å². The lowest BCUT2D eigenvalue weighted by atomic mass is 10.0. The number of thioether (sulfide) groups is 1. The van der Waals surface area contributed by atoms with Crippen molar-refractivity contribution in [1.29, 1.82) is 0 Å². The molecule has 1 unspecified atom stereocenters. The molecule has 0 amide bonds. The Morgan fingerprint density at radius 1 is 1.36 bits per heavy atom. The molecule has 0 aromatic heterocycles. The van der Waals surface area contributed by atoms with E-state index in [0.29, 0.717) is 0 Å². The molecule has 0 aliphatic carbocycles. The zero-order valence-corrected chi connectivity index (χ0v) is 8.84. The van der Waals surface area contributed by atoms with E-state index >= 15 is 0 Å². The van der Waals surface area contributed by atoms with Gasteiger partial charge in [-0.1, -0.05) is 13.3 Å². The summed E-state index contributed by atoms with van der Waals surface area (Å²) in [6.07, 6.45) is 6.25. The highest BCUT2D eigenvalue weighted by Crippen LogP contribution is 2.12. The van der Waals surface area contributed by atoms with Crippen LogP contribution < -0.4 is 5.32 Å². The molecule has 0 saturated heterocycles. The molecule has 0 aliphatic heterocycles. The zero-order valence-electron chi connectivity index (χ0n) is 8.02. The van der Waals surface area contributed by atoms with E-state index in [1.807, 2.05) is 18.8 Å². The Labute approximate surface area is 75.3 Å². The molecule has 1 atom stereocenters. The van der Waals surface area contributed by atoms with Gasteiger partial charge >= 0.3 is 0 Å². The van der Waals surface area contributed by atoms with Crippen LogP contribution in [0.4, 0.5) is 0 Å². The topological polar surface area (TPSA) is 12.0 Å². The zero-order chi connectivity index (χ0) is 8.53. The van der Waals surface area contributed by atoms with Crippen molar-refractivity contribution >= 4 is 11.8 Å². The van der Waals surface area contributed by atoms with Crippen LogP contribution >= 0.6 is 11.8 Å². The summed E-state index contributed by atoms with van der Waals surface area (Å²) < 4.78 is 0. The minimum absolute atomic E-state index is 0.900. The van der Waals surface area contributed by atoms with Crippen LogP contribution in [0.2, 0.25) is 0 Å². The monoisotopic (exact) mass is 175 g/mol. The van der Waals surface area contributed by atoms with E-state index in [1.54, 1.807) is 0 Å². The molecule has 0 aromatic rings. The van der Waals surface area contributed by atoms with E-state index in [-0.39, 0.29) is 0 Å². The smallest absolute Gasteiger partial charge is 0.00232 e. The normalized spacial score (nSPS) is 13.4. The van der Waals surface area contributed by atoms with Crippen molar-refractivity contribution in [3.63, 3.8) is 0 Å². The number of hydrogen-bond donors (Lipinski definition) is 1. The molecule has 0 bridgehead atoms. The van der Waals surface area contributed by atoms with Gasteiger partial charge in [0.25, 0.3) is 0 Å². The van der Waals surface area contributed by atoms with Crippen LogP contribution in [0.15, 0.2) is 0 Å². The summed E-state index contributed by atoms with van der Waals surface area (Å²) in [7, 11) is 2.04. The summed E-state index contributed by atoms with van der Waals surface area (Å²) >= 11 is 1.95. The lowest BCUT2D eigenvalue weighted by molar-refractivity contribution is 0.448. The quantitative estimate of drug-likeness (QED) is 0.637. The minimum Gasteiger partial charge on any atom is -0.319 e. The van der Waals surface area contributed by atoms with Crippen LogP contribution in [-0.4, -0.2) is 25.6 Å². The van der Waals surface area contributed by atoms with Crippen molar-refractivity contribution in [2.24, 2.45) is 5.92 Å². The van der Waals surface area contributed by atoms with Gasteiger partial charge in [0.15, 0.2) is 0 Å². The van der Waals surface area contributed by atoms with Gasteiger partial charge in [0.05, 0.1) is 0 Å². The van der Waals surface area contributed by atoms with Crippen LogP contribution in [0.25, 0.3) is 0 Å². The third kappa shape index (κ3) is 6.70. The Morgan fingerprint density at radius 3 is 2.55 bits per heavy atom. The van der Waals surface area contributed by atoms with Crippen molar-refractivity contribution in [1.82, 2.24) is 5.32 Å². The Kier molecular flexibility index (Phi) is 8.64. The van der Waals surface area contributed by atoms with E-state index < -0.39 is 0 Å². The number of nitrogens with one attached hydrogen (secondary N) is 1. The fraction of sp³-hybridized carbons (Fsp3) is 1.00. The summed E-state index contributed by atoms with van der Waals surface area (Å²) in [5.41, 5.74) is 0. The SMILES string of the molecule is CCCC(CCSC)CNC. The maximum absolute atomic E-state index is 3.25. The van der Waals surface area contributed by atoms with Crippen molar-refractivity contribution in [2.45, 2.75) is 26.2 Å². The lowest BCUT2D eigenvalue weighted by Crippen LogP contribution is -2.19. The van der Waals surface area contributed by atoms with E-state index in [1.165, 1.54) is 31.6 Å². The van der Waals surface area contributed by atoms with Crippen LogP contribution in [0.5, 0.6) is 0 Å². The Bertz CT molecular complexity index is 70.0. The first-order valence-electron chi connectivity index (χ1n) is 4.48. The van der Waals surface area contributed by atoms with Gasteiger partial charge in [-0.05, 0) is 44.4 Å². The average Bonchev–Trinajstić information content (AvgIpc) is 2.01. The molecule has 0 saturated carbocycles. The molecule has 2 heteroatoms. The van der Waals surface area contributed by atoms with Crippen LogP contribution in [0.1, 0.15) is 26.2 Å². The third-order valence-electron chi connectivity index (χ3n) is 1.92. The molecule has 1 nitrogen and oxygen atoms in total. The summed E-state index contributed by atoms with van der Waals surface area (Å²) in [6.45, 7) is 3.45. The van der Waals surface area contributed by atoms with E-state index in [9.17, 15) is 0 Å². The van der Waals surface area contributed by atoms with Gasteiger partial charge in [0, 0.05) is 0 Å². The molecular formula is C9H21NS. The summed E-state index contributed by atoms with van der Waals surface area (Å²) in [6, 6.07) is 0. The summed E-state index contributed by atoms with van der Waals surface area (Å²) in [5.74, 6) is 2.21. The maximum atomic E-state index is 3.25. The van der Waals surface area contributed by atoms with Crippen molar-refractivity contribution in [3.8, 4) is 0 Å². The number of rotatable bonds is 7. The highest BCUT2D eigenvalue weighted by atomic mass is 32.2. The van der Waals surface area contributed by atoms with Gasteiger partial charge in [0.1, 0.15) is 0 Å². The Morgan fingerprint density at radius 2 is 2.09 bits per heavy atom. The summed E-state index contributed by atoms with van der Waals surface area (Å²) in [4.78, 5) is 0. The Balaban J connectivity index is 3.34. The van der Waals surface area contributed by atoms with E-state index in [4.69, 9.17) is 0 Å². The first kappa shape index (κ1) is 11.3. The standard InChI is InChI=1S/C9H21NS/c1-4-5-9(8-10-2)6-7-11-3/h9-10H,4-8H2,1-3H3. The molecule has 1 N–H and O–H groups in total. The Hall–Kier alpha value is 0.310. The van der Waals surface area contributed by atoms with Crippen molar-refractivity contribution < 1.29 is 0 Å². The second-order valence-corrected chi connectivity index (χ2v) is 3.98. The van der Waals surface area contributed by atoms with Gasteiger partial charge in [-0.2, -0.15) is 11.8 Å². The minimum atomic E-state index is 0.900. The van der Waals surface area contributed by atoms with Crippen LogP contribution in [0.3, 0.4) is 0 Å². The van der Waals surface area contributed by atoms with Gasteiger partial charge in [0.2, 0.25) is 0 Å². The van der Waals surface area contributed by atoms with Gasteiger partial charge in [-0.25, -0.2) is 0 Å². The number of hydrogen-bond acceptors (Lipinski definition) is 2. The van der Waals surface area contributed by atoms with Crippen molar-refractivity contribution in [2.75, 3.05) is 25.6 Å². The molecule has 0 aliphatic rings. The second kappa shape index (κ2) is 8.41. The fourth-order valence-corrected chi connectivity index (χ4v) is 1.90. The first-order valence-corrected chi connectivity index (χ1v) is 5.88. The largest absolute Gasteiger partial charge is 0.319 e. The predicted molar refractivity (Wildman–Crippen MR) is 55.3 cm³/mol. The highest BCUT2D eigenvalue weighted by Gasteiger charge is 2.04. The summed E-state index contributed by atoms with van der Waals surface area (Å²) in [5, 5.41) is 3.25. The molecule has 0 aromatic carbocycles. The second-order valence-electron chi connectivity index (χ2n) is 2.99. The maximum Gasteiger partial charge on any atom is -0.00232 e. The first-order chi connectivity index (χ1) is 5.35. The molecule has 68 valence electrons. The molecule has 0 heterocycles. The third-order valence-corrected chi connectivity index (χ3v) is 2.56. The molecule has 0 fully saturated rings. The van der Waals surface area contributed by atoms with Gasteiger partial charge in [-0.3, -0.25) is 0 Å². The molecule has 0 radical (unpaired) electrons. The molecule has 0 rings (SSSR count). The molecule has 0 spiro atoms. The molecular weight excluding hydrogens is 154 g/mol. The fourth-order valence-electron chi connectivity index (χ4n) is 1.33. The van der Waals surface area contributed by atoms with Gasteiger partial charge in [-0.15, -0.1) is 0 Å². The van der Waals surface area contributed by atoms with Crippen molar-refractivity contribution in [3.05, 3.63) is 0 Å². The lowest BCUT2D eigenvalue weighted by Gasteiger charge is -2.14.